The Balaban J connectivity index is 2.03. The average Bonchev–Trinajstić information content (AvgIpc) is 2.89. The van der Waals surface area contributed by atoms with Crippen LogP contribution in [0, 0.1) is 0 Å². The molecule has 0 aliphatic carbocycles. The van der Waals surface area contributed by atoms with Crippen LogP contribution in [0.1, 0.15) is 15.4 Å². The van der Waals surface area contributed by atoms with Gasteiger partial charge >= 0.3 is 0 Å². The predicted octanol–water partition coefficient (Wildman–Crippen LogP) is 3.24. The normalized spacial score (nSPS) is 10.7. The summed E-state index contributed by atoms with van der Waals surface area (Å²) < 4.78 is 5.90. The maximum atomic E-state index is 12.4. The van der Waals surface area contributed by atoms with Crippen LogP contribution < -0.4 is 4.74 Å². The Bertz CT molecular complexity index is 795. The minimum Gasteiger partial charge on any atom is -0.508 e. The zero-order valence-corrected chi connectivity index (χ0v) is 11.5. The number of ketones is 1. The standard InChI is InChI=1S/C15H11NO3S/c1-19-11-4-2-3-9(7-11)14(18)15-16-12-6-5-10(17)8-13(12)20-15/h2-8,17H,1H3. The number of methoxy groups -OCH3 is 1. The summed E-state index contributed by atoms with van der Waals surface area (Å²) in [5.74, 6) is 0.653. The van der Waals surface area contributed by atoms with Crippen molar-refractivity contribution in [1.29, 1.82) is 0 Å². The molecule has 3 rings (SSSR count). The van der Waals surface area contributed by atoms with Crippen LogP contribution in [0.5, 0.6) is 11.5 Å². The van der Waals surface area contributed by atoms with E-state index in [9.17, 15) is 9.90 Å². The van der Waals surface area contributed by atoms with Gasteiger partial charge in [-0.05, 0) is 30.3 Å². The maximum Gasteiger partial charge on any atom is 0.221 e. The van der Waals surface area contributed by atoms with Crippen LogP contribution in [0.2, 0.25) is 0 Å². The van der Waals surface area contributed by atoms with Gasteiger partial charge < -0.3 is 9.84 Å². The van der Waals surface area contributed by atoms with E-state index in [1.807, 2.05) is 0 Å². The minimum absolute atomic E-state index is 0.149. The Morgan fingerprint density at radius 1 is 1.25 bits per heavy atom. The fourth-order valence-electron chi connectivity index (χ4n) is 1.90. The van der Waals surface area contributed by atoms with Gasteiger partial charge in [-0.15, -0.1) is 11.3 Å². The number of aromatic nitrogens is 1. The molecule has 1 heterocycles. The Morgan fingerprint density at radius 2 is 2.10 bits per heavy atom. The molecule has 5 heteroatoms. The van der Waals surface area contributed by atoms with Gasteiger partial charge in [-0.2, -0.15) is 0 Å². The number of rotatable bonds is 3. The van der Waals surface area contributed by atoms with Gasteiger partial charge in [0, 0.05) is 5.56 Å². The molecule has 20 heavy (non-hydrogen) atoms. The Kier molecular flexibility index (Phi) is 3.12. The molecule has 0 radical (unpaired) electrons. The number of hydrogen-bond acceptors (Lipinski definition) is 5. The molecule has 3 aromatic rings. The molecule has 0 atom stereocenters. The highest BCUT2D eigenvalue weighted by Crippen LogP contribution is 2.27. The predicted molar refractivity (Wildman–Crippen MR) is 77.7 cm³/mol. The molecule has 4 nitrogen and oxygen atoms in total. The monoisotopic (exact) mass is 285 g/mol. The van der Waals surface area contributed by atoms with E-state index in [1.165, 1.54) is 11.3 Å². The molecule has 0 aliphatic rings. The first-order valence-corrected chi connectivity index (χ1v) is 6.77. The van der Waals surface area contributed by atoms with Gasteiger partial charge in [0.25, 0.3) is 0 Å². The van der Waals surface area contributed by atoms with Crippen molar-refractivity contribution < 1.29 is 14.6 Å². The van der Waals surface area contributed by atoms with Crippen molar-refractivity contribution in [2.45, 2.75) is 0 Å². The van der Waals surface area contributed by atoms with Crippen LogP contribution in [-0.2, 0) is 0 Å². The van der Waals surface area contributed by atoms with E-state index in [0.717, 1.165) is 4.70 Å². The van der Waals surface area contributed by atoms with Crippen molar-refractivity contribution in [3.05, 3.63) is 53.0 Å². The third-order valence-corrected chi connectivity index (χ3v) is 3.92. The van der Waals surface area contributed by atoms with Crippen molar-refractivity contribution in [2.24, 2.45) is 0 Å². The molecular weight excluding hydrogens is 274 g/mol. The summed E-state index contributed by atoms with van der Waals surface area (Å²) in [5, 5.41) is 9.84. The minimum atomic E-state index is -0.149. The molecule has 100 valence electrons. The summed E-state index contributed by atoms with van der Waals surface area (Å²) in [7, 11) is 1.56. The molecule has 2 aromatic carbocycles. The third-order valence-electron chi connectivity index (χ3n) is 2.90. The Hall–Kier alpha value is -2.40. The van der Waals surface area contributed by atoms with Crippen LogP contribution in [-0.4, -0.2) is 23.0 Å². The first-order chi connectivity index (χ1) is 9.67. The van der Waals surface area contributed by atoms with E-state index in [2.05, 4.69) is 4.98 Å². The summed E-state index contributed by atoms with van der Waals surface area (Å²) in [5.41, 5.74) is 1.24. The number of fused-ring (bicyclic) bond motifs is 1. The molecule has 1 aromatic heterocycles. The van der Waals surface area contributed by atoms with E-state index in [1.54, 1.807) is 49.6 Å². The van der Waals surface area contributed by atoms with Gasteiger partial charge in [-0.3, -0.25) is 4.79 Å². The second kappa shape index (κ2) is 4.94. The first-order valence-electron chi connectivity index (χ1n) is 5.95. The SMILES string of the molecule is COc1cccc(C(=O)c2nc3ccc(O)cc3s2)c1. The van der Waals surface area contributed by atoms with Crippen LogP contribution in [0.3, 0.4) is 0 Å². The highest BCUT2D eigenvalue weighted by atomic mass is 32.1. The van der Waals surface area contributed by atoms with Crippen molar-refractivity contribution >= 4 is 27.3 Å². The molecule has 0 aliphatic heterocycles. The van der Waals surface area contributed by atoms with Crippen molar-refractivity contribution in [3.8, 4) is 11.5 Å². The number of aromatic hydroxyl groups is 1. The second-order valence-electron chi connectivity index (χ2n) is 4.23. The number of benzene rings is 2. The zero-order valence-electron chi connectivity index (χ0n) is 10.7. The fraction of sp³-hybridized carbons (Fsp3) is 0.0667. The summed E-state index contributed by atoms with van der Waals surface area (Å²) in [4.78, 5) is 16.7. The van der Waals surface area contributed by atoms with Crippen LogP contribution in [0.15, 0.2) is 42.5 Å². The summed E-state index contributed by atoms with van der Waals surface area (Å²) in [6.45, 7) is 0. The number of nitrogens with zero attached hydrogens (tertiary/aromatic N) is 1. The van der Waals surface area contributed by atoms with Crippen LogP contribution in [0.4, 0.5) is 0 Å². The van der Waals surface area contributed by atoms with E-state index < -0.39 is 0 Å². The number of carbonyl (C=O) groups is 1. The van der Waals surface area contributed by atoms with Gasteiger partial charge in [-0.1, -0.05) is 12.1 Å². The lowest BCUT2D eigenvalue weighted by Gasteiger charge is -2.01. The van der Waals surface area contributed by atoms with Crippen molar-refractivity contribution in [2.75, 3.05) is 7.11 Å². The van der Waals surface area contributed by atoms with Gasteiger partial charge in [-0.25, -0.2) is 4.98 Å². The lowest BCUT2D eigenvalue weighted by Crippen LogP contribution is -2.00. The quantitative estimate of drug-likeness (QED) is 0.750. The number of ether oxygens (including phenoxy) is 1. The highest BCUT2D eigenvalue weighted by Gasteiger charge is 2.15. The van der Waals surface area contributed by atoms with Gasteiger partial charge in [0.2, 0.25) is 5.78 Å². The molecule has 0 spiro atoms. The number of carbonyl (C=O) groups excluding carboxylic acids is 1. The van der Waals surface area contributed by atoms with Crippen molar-refractivity contribution in [1.82, 2.24) is 4.98 Å². The zero-order chi connectivity index (χ0) is 14.1. The lowest BCUT2D eigenvalue weighted by molar-refractivity contribution is 0.103. The molecule has 0 fully saturated rings. The topological polar surface area (TPSA) is 59.4 Å². The number of hydrogen-bond donors (Lipinski definition) is 1. The molecule has 0 saturated carbocycles. The summed E-state index contributed by atoms with van der Waals surface area (Å²) >= 11 is 1.27. The summed E-state index contributed by atoms with van der Waals surface area (Å²) in [6, 6.07) is 11.8. The molecule has 1 N–H and O–H groups in total. The van der Waals surface area contributed by atoms with E-state index in [-0.39, 0.29) is 11.5 Å². The highest BCUT2D eigenvalue weighted by molar-refractivity contribution is 7.20. The maximum absolute atomic E-state index is 12.4. The number of phenolic OH excluding ortho intramolecular Hbond substituents is 1. The number of thiazole rings is 1. The Labute approximate surface area is 119 Å². The largest absolute Gasteiger partial charge is 0.508 e. The smallest absolute Gasteiger partial charge is 0.221 e. The fourth-order valence-corrected chi connectivity index (χ4v) is 2.86. The third kappa shape index (κ3) is 2.23. The molecular formula is C15H11NO3S. The molecule has 0 unspecified atom stereocenters. The van der Waals surface area contributed by atoms with Gasteiger partial charge in [0.1, 0.15) is 11.5 Å². The van der Waals surface area contributed by atoms with E-state index in [0.29, 0.717) is 21.8 Å². The second-order valence-corrected chi connectivity index (χ2v) is 5.26. The number of phenols is 1. The molecule has 0 saturated heterocycles. The Morgan fingerprint density at radius 3 is 2.90 bits per heavy atom. The molecule has 0 amide bonds. The first kappa shape index (κ1) is 12.6. The summed E-state index contributed by atoms with van der Waals surface area (Å²) in [6.07, 6.45) is 0. The average molecular weight is 285 g/mol. The van der Waals surface area contributed by atoms with Crippen LogP contribution in [0.25, 0.3) is 10.2 Å². The van der Waals surface area contributed by atoms with E-state index in [4.69, 9.17) is 4.74 Å². The van der Waals surface area contributed by atoms with Crippen LogP contribution >= 0.6 is 11.3 Å². The van der Waals surface area contributed by atoms with E-state index >= 15 is 0 Å². The van der Waals surface area contributed by atoms with Gasteiger partial charge in [0.15, 0.2) is 5.01 Å². The molecule has 0 bridgehead atoms. The lowest BCUT2D eigenvalue weighted by atomic mass is 10.1. The van der Waals surface area contributed by atoms with Gasteiger partial charge in [0.05, 0.1) is 17.3 Å². The van der Waals surface area contributed by atoms with Crippen molar-refractivity contribution in [3.63, 3.8) is 0 Å².